The highest BCUT2D eigenvalue weighted by atomic mass is 16.3. The Morgan fingerprint density at radius 3 is 2.73 bits per heavy atom. The lowest BCUT2D eigenvalue weighted by Crippen LogP contribution is -1.93. The second-order valence-electron chi connectivity index (χ2n) is 2.34. The van der Waals surface area contributed by atoms with Crippen molar-refractivity contribution < 1.29 is 5.11 Å². The number of aromatic hydroxyl groups is 1. The summed E-state index contributed by atoms with van der Waals surface area (Å²) in [5.74, 6) is 0.0771. The topological polar surface area (TPSA) is 70.0 Å². The molecule has 0 aliphatic rings. The van der Waals surface area contributed by atoms with Crippen molar-refractivity contribution >= 4 is 5.69 Å². The van der Waals surface area contributed by atoms with Crippen molar-refractivity contribution in [1.29, 1.82) is 5.26 Å². The molecular formula is C8H8N2O. The van der Waals surface area contributed by atoms with Crippen molar-refractivity contribution in [3.63, 3.8) is 0 Å². The van der Waals surface area contributed by atoms with Crippen LogP contribution >= 0.6 is 0 Å². The summed E-state index contributed by atoms with van der Waals surface area (Å²) in [5.41, 5.74) is 7.01. The largest absolute Gasteiger partial charge is 0.508 e. The Hall–Kier alpha value is -1.69. The highest BCUT2D eigenvalue weighted by molar-refractivity contribution is 5.61. The summed E-state index contributed by atoms with van der Waals surface area (Å²) in [7, 11) is 0. The Kier molecular flexibility index (Phi) is 1.69. The van der Waals surface area contributed by atoms with E-state index in [1.165, 1.54) is 12.1 Å². The minimum absolute atomic E-state index is 0.0771. The molecule has 56 valence electrons. The van der Waals surface area contributed by atoms with Gasteiger partial charge in [0, 0.05) is 0 Å². The number of hydrogen-bond acceptors (Lipinski definition) is 3. The van der Waals surface area contributed by atoms with Gasteiger partial charge in [-0.1, -0.05) is 0 Å². The molecule has 3 N–H and O–H groups in total. The molecule has 0 bridgehead atoms. The maximum atomic E-state index is 9.04. The Balaban J connectivity index is 3.39. The number of rotatable bonds is 0. The number of nitrogens with zero attached hydrogens (tertiary/aromatic N) is 1. The lowest BCUT2D eigenvalue weighted by atomic mass is 10.1. The predicted octanol–water partition coefficient (Wildman–Crippen LogP) is 1.15. The molecule has 0 atom stereocenters. The van der Waals surface area contributed by atoms with Crippen LogP contribution in [0.1, 0.15) is 11.1 Å². The first-order valence-corrected chi connectivity index (χ1v) is 3.14. The molecule has 1 rings (SSSR count). The SMILES string of the molecule is Cc1cc(O)cc(C#N)c1N. The molecule has 0 fully saturated rings. The minimum Gasteiger partial charge on any atom is -0.508 e. The van der Waals surface area contributed by atoms with Gasteiger partial charge in [0.25, 0.3) is 0 Å². The molecule has 0 radical (unpaired) electrons. The standard InChI is InChI=1S/C8H8N2O/c1-5-2-7(11)3-6(4-9)8(5)10/h2-3,11H,10H2,1H3. The smallest absolute Gasteiger partial charge is 0.117 e. The summed E-state index contributed by atoms with van der Waals surface area (Å²) in [6.07, 6.45) is 0. The minimum atomic E-state index is 0.0771. The van der Waals surface area contributed by atoms with Gasteiger partial charge in [-0.3, -0.25) is 0 Å². The van der Waals surface area contributed by atoms with Crippen molar-refractivity contribution in [2.24, 2.45) is 0 Å². The molecular weight excluding hydrogens is 140 g/mol. The van der Waals surface area contributed by atoms with Crippen LogP contribution in [0.2, 0.25) is 0 Å². The van der Waals surface area contributed by atoms with Gasteiger partial charge in [0.1, 0.15) is 11.8 Å². The zero-order chi connectivity index (χ0) is 8.43. The van der Waals surface area contributed by atoms with Crippen LogP contribution in [0.4, 0.5) is 5.69 Å². The van der Waals surface area contributed by atoms with E-state index in [0.717, 1.165) is 5.56 Å². The zero-order valence-corrected chi connectivity index (χ0v) is 6.13. The first kappa shape index (κ1) is 7.42. The van der Waals surface area contributed by atoms with Gasteiger partial charge in [-0.25, -0.2) is 0 Å². The van der Waals surface area contributed by atoms with Gasteiger partial charge in [-0.2, -0.15) is 5.26 Å². The first-order chi connectivity index (χ1) is 5.15. The van der Waals surface area contributed by atoms with Gasteiger partial charge in [-0.15, -0.1) is 0 Å². The van der Waals surface area contributed by atoms with Crippen LogP contribution in [0.25, 0.3) is 0 Å². The third-order valence-corrected chi connectivity index (χ3v) is 1.49. The van der Waals surface area contributed by atoms with Crippen molar-refractivity contribution in [3.8, 4) is 11.8 Å². The molecule has 1 aromatic carbocycles. The molecule has 0 aliphatic heterocycles. The molecule has 0 heterocycles. The maximum Gasteiger partial charge on any atom is 0.117 e. The number of phenolic OH excluding ortho intramolecular Hbond substituents is 1. The molecule has 0 aliphatic carbocycles. The number of nitrogens with two attached hydrogens (primary N) is 1. The second-order valence-corrected chi connectivity index (χ2v) is 2.34. The van der Waals surface area contributed by atoms with Gasteiger partial charge in [-0.05, 0) is 24.6 Å². The van der Waals surface area contributed by atoms with E-state index in [1.807, 2.05) is 6.07 Å². The normalized spacial score (nSPS) is 9.09. The molecule has 0 saturated heterocycles. The van der Waals surface area contributed by atoms with Gasteiger partial charge < -0.3 is 10.8 Å². The number of hydrogen-bond donors (Lipinski definition) is 2. The fourth-order valence-corrected chi connectivity index (χ4v) is 0.872. The van der Waals surface area contributed by atoms with Gasteiger partial charge in [0.15, 0.2) is 0 Å². The number of aryl methyl sites for hydroxylation is 1. The Bertz CT molecular complexity index is 326. The average Bonchev–Trinajstić information content (AvgIpc) is 1.96. The van der Waals surface area contributed by atoms with Crippen LogP contribution in [-0.2, 0) is 0 Å². The number of benzene rings is 1. The Labute approximate surface area is 64.7 Å². The van der Waals surface area contributed by atoms with Gasteiger partial charge >= 0.3 is 0 Å². The summed E-state index contributed by atoms with van der Waals surface area (Å²) in [4.78, 5) is 0. The van der Waals surface area contributed by atoms with Crippen LogP contribution in [0, 0.1) is 18.3 Å². The van der Waals surface area contributed by atoms with Crippen molar-refractivity contribution in [2.75, 3.05) is 5.73 Å². The molecule has 0 spiro atoms. The molecule has 3 nitrogen and oxygen atoms in total. The van der Waals surface area contributed by atoms with Crippen LogP contribution in [0.15, 0.2) is 12.1 Å². The maximum absolute atomic E-state index is 9.04. The summed E-state index contributed by atoms with van der Waals surface area (Å²) in [6.45, 7) is 1.75. The van der Waals surface area contributed by atoms with Crippen molar-refractivity contribution in [2.45, 2.75) is 6.92 Å². The third kappa shape index (κ3) is 1.24. The quantitative estimate of drug-likeness (QED) is 0.428. The van der Waals surface area contributed by atoms with E-state index in [0.29, 0.717) is 11.3 Å². The summed E-state index contributed by atoms with van der Waals surface area (Å²) in [5, 5.41) is 17.6. The van der Waals surface area contributed by atoms with Crippen LogP contribution in [0.3, 0.4) is 0 Å². The average molecular weight is 148 g/mol. The highest BCUT2D eigenvalue weighted by Gasteiger charge is 2.02. The van der Waals surface area contributed by atoms with Gasteiger partial charge in [0.05, 0.1) is 11.3 Å². The third-order valence-electron chi connectivity index (χ3n) is 1.49. The number of nitrogen functional groups attached to an aromatic ring is 1. The molecule has 0 unspecified atom stereocenters. The monoisotopic (exact) mass is 148 g/mol. The fourth-order valence-electron chi connectivity index (χ4n) is 0.872. The number of nitriles is 1. The molecule has 0 saturated carbocycles. The van der Waals surface area contributed by atoms with Crippen LogP contribution < -0.4 is 5.73 Å². The number of phenols is 1. The van der Waals surface area contributed by atoms with Crippen LogP contribution in [0.5, 0.6) is 5.75 Å². The van der Waals surface area contributed by atoms with E-state index in [1.54, 1.807) is 6.92 Å². The van der Waals surface area contributed by atoms with Gasteiger partial charge in [0.2, 0.25) is 0 Å². The van der Waals surface area contributed by atoms with E-state index in [4.69, 9.17) is 16.1 Å². The molecule has 1 aromatic rings. The Morgan fingerprint density at radius 2 is 2.18 bits per heavy atom. The molecule has 11 heavy (non-hydrogen) atoms. The van der Waals surface area contributed by atoms with Crippen molar-refractivity contribution in [3.05, 3.63) is 23.3 Å². The fraction of sp³-hybridized carbons (Fsp3) is 0.125. The zero-order valence-electron chi connectivity index (χ0n) is 6.13. The lowest BCUT2D eigenvalue weighted by Gasteiger charge is -2.01. The molecule has 0 aromatic heterocycles. The Morgan fingerprint density at radius 1 is 1.55 bits per heavy atom. The molecule has 0 amide bonds. The highest BCUT2D eigenvalue weighted by Crippen LogP contribution is 2.22. The summed E-state index contributed by atoms with van der Waals surface area (Å²) < 4.78 is 0. The van der Waals surface area contributed by atoms with E-state index in [9.17, 15) is 0 Å². The van der Waals surface area contributed by atoms with E-state index >= 15 is 0 Å². The van der Waals surface area contributed by atoms with Crippen LogP contribution in [-0.4, -0.2) is 5.11 Å². The summed E-state index contributed by atoms with van der Waals surface area (Å²) >= 11 is 0. The van der Waals surface area contributed by atoms with E-state index in [2.05, 4.69) is 0 Å². The van der Waals surface area contributed by atoms with E-state index < -0.39 is 0 Å². The molecule has 3 heteroatoms. The summed E-state index contributed by atoms with van der Waals surface area (Å²) in [6, 6.07) is 4.77. The first-order valence-electron chi connectivity index (χ1n) is 3.14. The predicted molar refractivity (Wildman–Crippen MR) is 42.0 cm³/mol. The second kappa shape index (κ2) is 2.51. The van der Waals surface area contributed by atoms with E-state index in [-0.39, 0.29) is 5.75 Å². The lowest BCUT2D eigenvalue weighted by molar-refractivity contribution is 0.475. The van der Waals surface area contributed by atoms with Crippen molar-refractivity contribution in [1.82, 2.24) is 0 Å². The number of anilines is 1.